The molecule has 1 amide bonds. The zero-order chi connectivity index (χ0) is 21.1. The van der Waals surface area contributed by atoms with E-state index in [4.69, 9.17) is 11.6 Å². The molecule has 1 heterocycles. The number of carbonyl (C=O) groups is 1. The summed E-state index contributed by atoms with van der Waals surface area (Å²) in [6, 6.07) is 21.9. The second-order valence-corrected chi connectivity index (χ2v) is 7.59. The van der Waals surface area contributed by atoms with Gasteiger partial charge in [-0.25, -0.2) is 0 Å². The van der Waals surface area contributed by atoms with Gasteiger partial charge in [0.1, 0.15) is 0 Å². The molecule has 4 nitrogen and oxygen atoms in total. The zero-order valence-electron chi connectivity index (χ0n) is 16.9. The van der Waals surface area contributed by atoms with Gasteiger partial charge in [0.05, 0.1) is 23.6 Å². The predicted molar refractivity (Wildman–Crippen MR) is 124 cm³/mol. The Bertz CT molecular complexity index is 1250. The van der Waals surface area contributed by atoms with Gasteiger partial charge in [-0.2, -0.15) is 5.10 Å². The van der Waals surface area contributed by atoms with Crippen molar-refractivity contribution in [3.05, 3.63) is 100 Å². The van der Waals surface area contributed by atoms with Crippen molar-refractivity contribution in [2.45, 2.75) is 20.4 Å². The smallest absolute Gasteiger partial charge is 0.248 e. The molecular weight excluding hydrogens is 394 g/mol. The van der Waals surface area contributed by atoms with E-state index in [0.29, 0.717) is 11.6 Å². The summed E-state index contributed by atoms with van der Waals surface area (Å²) in [5.74, 6) is -0.188. The van der Waals surface area contributed by atoms with E-state index in [1.54, 1.807) is 6.08 Å². The van der Waals surface area contributed by atoms with E-state index in [0.717, 1.165) is 39.0 Å². The molecule has 5 heteroatoms. The van der Waals surface area contributed by atoms with Gasteiger partial charge >= 0.3 is 0 Å². The molecule has 1 aromatic heterocycles. The van der Waals surface area contributed by atoms with E-state index < -0.39 is 0 Å². The largest absolute Gasteiger partial charge is 0.319 e. The fourth-order valence-corrected chi connectivity index (χ4v) is 3.74. The van der Waals surface area contributed by atoms with Crippen LogP contribution in [0.3, 0.4) is 0 Å². The second kappa shape index (κ2) is 8.56. The third-order valence-corrected chi connectivity index (χ3v) is 5.51. The monoisotopic (exact) mass is 415 g/mol. The molecular formula is C25H22ClN3O. The summed E-state index contributed by atoms with van der Waals surface area (Å²) in [4.78, 5) is 12.6. The molecule has 0 fully saturated rings. The third-order valence-electron chi connectivity index (χ3n) is 5.15. The Morgan fingerprint density at radius 3 is 2.60 bits per heavy atom. The van der Waals surface area contributed by atoms with Crippen molar-refractivity contribution in [2.24, 2.45) is 0 Å². The standard InChI is InChI=1S/C25H22ClN3O/c1-17-25(18(2)29(28-17)16-21-9-4-6-13-23(21)26)27-24(30)15-14-20-11-7-10-19-8-3-5-12-22(19)20/h3-15H,16H2,1-2H3,(H,27,30)/b15-14+. The maximum absolute atomic E-state index is 12.6. The first kappa shape index (κ1) is 19.9. The average Bonchev–Trinajstić information content (AvgIpc) is 3.01. The number of anilines is 1. The predicted octanol–water partition coefficient (Wildman–Crippen LogP) is 6.01. The number of carbonyl (C=O) groups excluding carboxylic acids is 1. The molecule has 0 bridgehead atoms. The molecule has 150 valence electrons. The zero-order valence-corrected chi connectivity index (χ0v) is 17.6. The van der Waals surface area contributed by atoms with E-state index in [1.165, 1.54) is 0 Å². The molecule has 0 atom stereocenters. The fourth-order valence-electron chi connectivity index (χ4n) is 3.55. The molecule has 0 aliphatic rings. The normalized spacial score (nSPS) is 11.3. The fraction of sp³-hybridized carbons (Fsp3) is 0.120. The van der Waals surface area contributed by atoms with Crippen molar-refractivity contribution < 1.29 is 4.79 Å². The lowest BCUT2D eigenvalue weighted by Gasteiger charge is -2.07. The Labute approximate surface area is 180 Å². The van der Waals surface area contributed by atoms with Gasteiger partial charge in [0.15, 0.2) is 0 Å². The Hall–Kier alpha value is -3.37. The lowest BCUT2D eigenvalue weighted by Crippen LogP contribution is -2.10. The van der Waals surface area contributed by atoms with Crippen LogP contribution in [0, 0.1) is 13.8 Å². The number of amides is 1. The van der Waals surface area contributed by atoms with E-state index in [-0.39, 0.29) is 5.91 Å². The molecule has 30 heavy (non-hydrogen) atoms. The van der Waals surface area contributed by atoms with Gasteiger partial charge in [-0.3, -0.25) is 9.48 Å². The highest BCUT2D eigenvalue weighted by Gasteiger charge is 2.14. The van der Waals surface area contributed by atoms with Gasteiger partial charge in [0, 0.05) is 11.1 Å². The number of nitrogens with one attached hydrogen (secondary N) is 1. The summed E-state index contributed by atoms with van der Waals surface area (Å²) in [6.07, 6.45) is 3.41. The minimum Gasteiger partial charge on any atom is -0.319 e. The number of hydrogen-bond acceptors (Lipinski definition) is 2. The highest BCUT2D eigenvalue weighted by Crippen LogP contribution is 2.23. The number of fused-ring (bicyclic) bond motifs is 1. The van der Waals surface area contributed by atoms with Crippen LogP contribution < -0.4 is 5.32 Å². The number of nitrogens with zero attached hydrogens (tertiary/aromatic N) is 2. The Morgan fingerprint density at radius 1 is 1.03 bits per heavy atom. The van der Waals surface area contributed by atoms with E-state index in [1.807, 2.05) is 73.1 Å². The number of benzene rings is 3. The number of halogens is 1. The van der Waals surface area contributed by atoms with Crippen LogP contribution in [0.5, 0.6) is 0 Å². The summed E-state index contributed by atoms with van der Waals surface area (Å²) in [5.41, 5.74) is 4.38. The molecule has 0 saturated carbocycles. The summed E-state index contributed by atoms with van der Waals surface area (Å²) in [6.45, 7) is 4.38. The molecule has 0 saturated heterocycles. The molecule has 0 radical (unpaired) electrons. The van der Waals surface area contributed by atoms with Crippen LogP contribution in [0.15, 0.2) is 72.8 Å². The first-order valence-electron chi connectivity index (χ1n) is 9.77. The van der Waals surface area contributed by atoms with Crippen molar-refractivity contribution in [3.63, 3.8) is 0 Å². The summed E-state index contributed by atoms with van der Waals surface area (Å²) < 4.78 is 1.86. The summed E-state index contributed by atoms with van der Waals surface area (Å²) >= 11 is 6.28. The third kappa shape index (κ3) is 4.14. The average molecular weight is 416 g/mol. The molecule has 1 N–H and O–H groups in total. The number of hydrogen-bond donors (Lipinski definition) is 1. The highest BCUT2D eigenvalue weighted by atomic mass is 35.5. The molecule has 0 aliphatic carbocycles. The van der Waals surface area contributed by atoms with Crippen molar-refractivity contribution in [2.75, 3.05) is 5.32 Å². The van der Waals surface area contributed by atoms with E-state index in [2.05, 4.69) is 28.6 Å². The van der Waals surface area contributed by atoms with E-state index in [9.17, 15) is 4.79 Å². The molecule has 3 aromatic carbocycles. The molecule has 0 spiro atoms. The minimum atomic E-state index is -0.188. The quantitative estimate of drug-likeness (QED) is 0.406. The molecule has 0 aliphatic heterocycles. The van der Waals surface area contributed by atoms with Gasteiger partial charge < -0.3 is 5.32 Å². The first-order valence-corrected chi connectivity index (χ1v) is 10.1. The van der Waals surface area contributed by atoms with Crippen molar-refractivity contribution >= 4 is 40.0 Å². The van der Waals surface area contributed by atoms with Crippen LogP contribution in [-0.2, 0) is 11.3 Å². The lowest BCUT2D eigenvalue weighted by atomic mass is 10.0. The van der Waals surface area contributed by atoms with Crippen molar-refractivity contribution in [1.82, 2.24) is 9.78 Å². The summed E-state index contributed by atoms with van der Waals surface area (Å²) in [5, 5.41) is 10.5. The van der Waals surface area contributed by atoms with Gasteiger partial charge in [-0.15, -0.1) is 0 Å². The topological polar surface area (TPSA) is 46.9 Å². The van der Waals surface area contributed by atoms with E-state index >= 15 is 0 Å². The van der Waals surface area contributed by atoms with Gasteiger partial charge in [-0.1, -0.05) is 72.3 Å². The van der Waals surface area contributed by atoms with Crippen molar-refractivity contribution in [1.29, 1.82) is 0 Å². The second-order valence-electron chi connectivity index (χ2n) is 7.19. The van der Waals surface area contributed by atoms with Crippen LogP contribution in [0.25, 0.3) is 16.8 Å². The maximum Gasteiger partial charge on any atom is 0.248 e. The summed E-state index contributed by atoms with van der Waals surface area (Å²) in [7, 11) is 0. The highest BCUT2D eigenvalue weighted by molar-refractivity contribution is 6.31. The van der Waals surface area contributed by atoms with Crippen LogP contribution >= 0.6 is 11.6 Å². The van der Waals surface area contributed by atoms with Crippen LogP contribution in [0.1, 0.15) is 22.5 Å². The van der Waals surface area contributed by atoms with Crippen LogP contribution in [0.2, 0.25) is 5.02 Å². The van der Waals surface area contributed by atoms with Gasteiger partial charge in [0.2, 0.25) is 5.91 Å². The van der Waals surface area contributed by atoms with Crippen molar-refractivity contribution in [3.8, 4) is 0 Å². The minimum absolute atomic E-state index is 0.188. The van der Waals surface area contributed by atoms with Crippen LogP contribution in [0.4, 0.5) is 5.69 Å². The van der Waals surface area contributed by atoms with Gasteiger partial charge in [0.25, 0.3) is 0 Å². The first-order chi connectivity index (χ1) is 14.5. The molecule has 4 aromatic rings. The Balaban J connectivity index is 1.53. The maximum atomic E-state index is 12.6. The number of rotatable bonds is 5. The molecule has 4 rings (SSSR count). The Kier molecular flexibility index (Phi) is 5.68. The van der Waals surface area contributed by atoms with Crippen LogP contribution in [-0.4, -0.2) is 15.7 Å². The number of aromatic nitrogens is 2. The number of aryl methyl sites for hydroxylation is 1. The molecule has 0 unspecified atom stereocenters. The lowest BCUT2D eigenvalue weighted by molar-refractivity contribution is -0.111. The van der Waals surface area contributed by atoms with Gasteiger partial charge in [-0.05, 0) is 47.9 Å². The Morgan fingerprint density at radius 2 is 1.77 bits per heavy atom. The SMILES string of the molecule is Cc1nn(Cc2ccccc2Cl)c(C)c1NC(=O)/C=C/c1cccc2ccccc12.